The monoisotopic (exact) mass is 288 g/mol. The molecule has 3 N–H and O–H groups in total. The molecule has 5 heteroatoms. The molecule has 0 bridgehead atoms. The Morgan fingerprint density at radius 3 is 2.85 bits per heavy atom. The molecule has 20 heavy (non-hydrogen) atoms. The zero-order valence-electron chi connectivity index (χ0n) is 11.9. The Labute approximate surface area is 124 Å². The molecule has 1 aromatic heterocycles. The normalized spacial score (nSPS) is 10.5. The van der Waals surface area contributed by atoms with Gasteiger partial charge < -0.3 is 11.1 Å². The van der Waals surface area contributed by atoms with E-state index in [0.717, 1.165) is 29.6 Å². The zero-order valence-corrected chi connectivity index (χ0v) is 12.7. The highest BCUT2D eigenvalue weighted by Crippen LogP contribution is 2.23. The number of aryl methyl sites for hydroxylation is 1. The third-order valence-electron chi connectivity index (χ3n) is 2.75. The summed E-state index contributed by atoms with van der Waals surface area (Å²) in [5, 5.41) is 4.14. The maximum Gasteiger partial charge on any atom is 0.223 e. The van der Waals surface area contributed by atoms with Gasteiger partial charge >= 0.3 is 0 Å². The molecule has 1 aromatic carbocycles. The predicted molar refractivity (Wildman–Crippen MR) is 86.0 cm³/mol. The van der Waals surface area contributed by atoms with Crippen LogP contribution in [0.1, 0.15) is 24.5 Å². The smallest absolute Gasteiger partial charge is 0.223 e. The van der Waals surface area contributed by atoms with Crippen LogP contribution in [-0.2, 0) is 5.75 Å². The summed E-state index contributed by atoms with van der Waals surface area (Å²) in [4.78, 5) is 8.45. The molecule has 0 unspecified atom stereocenters. The number of thioether (sulfide) groups is 1. The average Bonchev–Trinajstić information content (AvgIpc) is 2.42. The lowest BCUT2D eigenvalue weighted by Gasteiger charge is -2.07. The van der Waals surface area contributed by atoms with Gasteiger partial charge in [-0.1, -0.05) is 36.8 Å². The fraction of sp³-hybridized carbons (Fsp3) is 0.333. The number of nitrogens with zero attached hydrogens (tertiary/aromatic N) is 2. The van der Waals surface area contributed by atoms with Crippen molar-refractivity contribution in [3.05, 3.63) is 41.5 Å². The lowest BCUT2D eigenvalue weighted by atomic mass is 10.2. The van der Waals surface area contributed by atoms with Crippen LogP contribution in [0.4, 0.5) is 11.8 Å². The minimum atomic E-state index is 0.317. The van der Waals surface area contributed by atoms with E-state index >= 15 is 0 Å². The summed E-state index contributed by atoms with van der Waals surface area (Å²) in [5.74, 6) is 2.00. The number of hydrogen-bond acceptors (Lipinski definition) is 5. The first-order valence-electron chi connectivity index (χ1n) is 6.74. The van der Waals surface area contributed by atoms with E-state index in [-0.39, 0.29) is 0 Å². The van der Waals surface area contributed by atoms with Crippen molar-refractivity contribution in [3.63, 3.8) is 0 Å². The van der Waals surface area contributed by atoms with Gasteiger partial charge in [-0.05, 0) is 18.9 Å². The summed E-state index contributed by atoms with van der Waals surface area (Å²) in [6.07, 6.45) is 1.05. The first kappa shape index (κ1) is 14.7. The number of nitrogens with one attached hydrogen (secondary N) is 1. The van der Waals surface area contributed by atoms with Crippen molar-refractivity contribution in [3.8, 4) is 0 Å². The van der Waals surface area contributed by atoms with Crippen LogP contribution in [0, 0.1) is 6.92 Å². The van der Waals surface area contributed by atoms with Gasteiger partial charge in [0.05, 0.1) is 0 Å². The number of nitrogen functional groups attached to an aromatic ring is 1. The summed E-state index contributed by atoms with van der Waals surface area (Å²) in [7, 11) is 0. The molecule has 4 nitrogen and oxygen atoms in total. The molecule has 0 spiro atoms. The van der Waals surface area contributed by atoms with Gasteiger partial charge in [-0.15, -0.1) is 11.8 Å². The quantitative estimate of drug-likeness (QED) is 0.629. The number of anilines is 2. The standard InChI is InChI=1S/C15H20N4S/c1-3-7-17-13-9-14(19-15(16)18-13)20-10-12-6-4-5-11(2)8-12/h4-6,8-9H,3,7,10H2,1-2H3,(H3,16,17,18,19). The SMILES string of the molecule is CCCNc1cc(SCc2cccc(C)c2)nc(N)n1. The van der Waals surface area contributed by atoms with Crippen molar-refractivity contribution < 1.29 is 0 Å². The Morgan fingerprint density at radius 1 is 1.25 bits per heavy atom. The molecule has 0 atom stereocenters. The molecule has 1 heterocycles. The van der Waals surface area contributed by atoms with E-state index in [1.807, 2.05) is 6.07 Å². The van der Waals surface area contributed by atoms with Crippen LogP contribution in [0.3, 0.4) is 0 Å². The van der Waals surface area contributed by atoms with Crippen LogP contribution in [0.2, 0.25) is 0 Å². The molecule has 0 aliphatic rings. The molecule has 2 aromatic rings. The Bertz CT molecular complexity index is 572. The van der Waals surface area contributed by atoms with Crippen molar-refractivity contribution >= 4 is 23.5 Å². The average molecular weight is 288 g/mol. The molecule has 0 aliphatic carbocycles. The van der Waals surface area contributed by atoms with Gasteiger partial charge in [0, 0.05) is 18.4 Å². The summed E-state index contributed by atoms with van der Waals surface area (Å²) < 4.78 is 0. The Hall–Kier alpha value is -1.75. The van der Waals surface area contributed by atoms with E-state index in [1.165, 1.54) is 11.1 Å². The maximum atomic E-state index is 5.75. The van der Waals surface area contributed by atoms with Crippen LogP contribution in [-0.4, -0.2) is 16.5 Å². The van der Waals surface area contributed by atoms with Gasteiger partial charge in [-0.3, -0.25) is 0 Å². The molecule has 0 saturated heterocycles. The van der Waals surface area contributed by atoms with Crippen molar-refractivity contribution in [2.75, 3.05) is 17.6 Å². The topological polar surface area (TPSA) is 63.8 Å². The minimum Gasteiger partial charge on any atom is -0.370 e. The third-order valence-corrected chi connectivity index (χ3v) is 3.73. The largest absolute Gasteiger partial charge is 0.370 e. The lowest BCUT2D eigenvalue weighted by Crippen LogP contribution is -2.05. The molecule has 106 valence electrons. The molecule has 0 fully saturated rings. The second-order valence-corrected chi connectivity index (χ2v) is 5.65. The van der Waals surface area contributed by atoms with Crippen LogP contribution >= 0.6 is 11.8 Å². The van der Waals surface area contributed by atoms with Crippen molar-refractivity contribution in [1.82, 2.24) is 9.97 Å². The summed E-state index contributed by atoms with van der Waals surface area (Å²) >= 11 is 1.67. The number of rotatable bonds is 6. The molecule has 0 aliphatic heterocycles. The number of benzene rings is 1. The van der Waals surface area contributed by atoms with Crippen molar-refractivity contribution in [2.45, 2.75) is 31.0 Å². The third kappa shape index (κ3) is 4.42. The first-order chi connectivity index (χ1) is 9.67. The summed E-state index contributed by atoms with van der Waals surface area (Å²) in [5.41, 5.74) is 8.31. The Kier molecular flexibility index (Phi) is 5.24. The van der Waals surface area contributed by atoms with Gasteiger partial charge in [-0.25, -0.2) is 4.98 Å². The molecular formula is C15H20N4S. The Balaban J connectivity index is 2.03. The van der Waals surface area contributed by atoms with Crippen molar-refractivity contribution in [2.24, 2.45) is 0 Å². The molecule has 0 radical (unpaired) electrons. The summed E-state index contributed by atoms with van der Waals surface area (Å²) in [6, 6.07) is 10.4. The second kappa shape index (κ2) is 7.14. The van der Waals surface area contributed by atoms with E-state index < -0.39 is 0 Å². The van der Waals surface area contributed by atoms with Gasteiger partial charge in [0.25, 0.3) is 0 Å². The van der Waals surface area contributed by atoms with E-state index in [9.17, 15) is 0 Å². The fourth-order valence-electron chi connectivity index (χ4n) is 1.82. The van der Waals surface area contributed by atoms with E-state index in [4.69, 9.17) is 5.73 Å². The van der Waals surface area contributed by atoms with E-state index in [0.29, 0.717) is 5.95 Å². The first-order valence-corrected chi connectivity index (χ1v) is 7.72. The number of aromatic nitrogens is 2. The molecule has 2 rings (SSSR count). The predicted octanol–water partition coefficient (Wildman–Crippen LogP) is 3.48. The van der Waals surface area contributed by atoms with Gasteiger partial charge in [0.15, 0.2) is 0 Å². The van der Waals surface area contributed by atoms with Gasteiger partial charge in [-0.2, -0.15) is 4.98 Å². The minimum absolute atomic E-state index is 0.317. The van der Waals surface area contributed by atoms with Crippen LogP contribution in [0.5, 0.6) is 0 Å². The summed E-state index contributed by atoms with van der Waals surface area (Å²) in [6.45, 7) is 5.10. The lowest BCUT2D eigenvalue weighted by molar-refractivity contribution is 0.957. The van der Waals surface area contributed by atoms with Gasteiger partial charge in [0.2, 0.25) is 5.95 Å². The van der Waals surface area contributed by atoms with E-state index in [2.05, 4.69) is 53.4 Å². The molecule has 0 saturated carbocycles. The molecule has 0 amide bonds. The molecular weight excluding hydrogens is 268 g/mol. The highest BCUT2D eigenvalue weighted by molar-refractivity contribution is 7.98. The zero-order chi connectivity index (χ0) is 14.4. The van der Waals surface area contributed by atoms with Gasteiger partial charge in [0.1, 0.15) is 10.8 Å². The van der Waals surface area contributed by atoms with Crippen molar-refractivity contribution in [1.29, 1.82) is 0 Å². The van der Waals surface area contributed by atoms with E-state index in [1.54, 1.807) is 11.8 Å². The van der Waals surface area contributed by atoms with Crippen LogP contribution in [0.15, 0.2) is 35.4 Å². The highest BCUT2D eigenvalue weighted by Gasteiger charge is 2.03. The number of nitrogens with two attached hydrogens (primary N) is 1. The number of hydrogen-bond donors (Lipinski definition) is 2. The Morgan fingerprint density at radius 2 is 2.10 bits per heavy atom. The fourth-order valence-corrected chi connectivity index (χ4v) is 2.67. The highest BCUT2D eigenvalue weighted by atomic mass is 32.2. The van der Waals surface area contributed by atoms with Crippen LogP contribution < -0.4 is 11.1 Å². The second-order valence-electron chi connectivity index (χ2n) is 4.65. The van der Waals surface area contributed by atoms with Crippen LogP contribution in [0.25, 0.3) is 0 Å². The maximum absolute atomic E-state index is 5.75.